The number of nitrogens with one attached hydrogen (secondary N) is 2. The predicted octanol–water partition coefficient (Wildman–Crippen LogP) is 2.74. The zero-order chi connectivity index (χ0) is 18.5. The average Bonchev–Trinajstić information content (AvgIpc) is 3.37. The molecular formula is C20H24ClN5O2. The molecule has 0 radical (unpaired) electrons. The van der Waals surface area contributed by atoms with Gasteiger partial charge in [0.15, 0.2) is 5.76 Å². The van der Waals surface area contributed by atoms with Crippen LogP contribution in [0.5, 0.6) is 0 Å². The molecular weight excluding hydrogens is 378 g/mol. The van der Waals surface area contributed by atoms with Crippen LogP contribution < -0.4 is 10.6 Å². The van der Waals surface area contributed by atoms with Crippen LogP contribution in [0.4, 0.5) is 0 Å². The van der Waals surface area contributed by atoms with Crippen LogP contribution in [0.1, 0.15) is 30.2 Å². The molecule has 4 rings (SSSR count). The Bertz CT molecular complexity index is 887. The molecule has 1 aliphatic rings. The number of piperidine rings is 1. The van der Waals surface area contributed by atoms with Crippen LogP contribution in [0.25, 0.3) is 11.3 Å². The number of halogens is 1. The number of carbonyl (C=O) groups excluding carboxylic acids is 1. The second-order valence-corrected chi connectivity index (χ2v) is 6.80. The molecule has 148 valence electrons. The second-order valence-electron chi connectivity index (χ2n) is 6.80. The highest BCUT2D eigenvalue weighted by atomic mass is 35.5. The lowest BCUT2D eigenvalue weighted by molar-refractivity contribution is -0.122. The third-order valence-electron chi connectivity index (χ3n) is 4.77. The Balaban J connectivity index is 0.00000225. The van der Waals surface area contributed by atoms with E-state index < -0.39 is 0 Å². The van der Waals surface area contributed by atoms with Crippen LogP contribution in [0.3, 0.4) is 0 Å². The summed E-state index contributed by atoms with van der Waals surface area (Å²) in [6, 6.07) is 13.6. The molecule has 3 aromatic rings. The van der Waals surface area contributed by atoms with Crippen molar-refractivity contribution in [1.82, 2.24) is 25.6 Å². The van der Waals surface area contributed by atoms with Gasteiger partial charge in [-0.25, -0.2) is 0 Å². The van der Waals surface area contributed by atoms with Crippen LogP contribution in [0.15, 0.2) is 53.2 Å². The van der Waals surface area contributed by atoms with E-state index in [0.29, 0.717) is 18.2 Å². The Morgan fingerprint density at radius 1 is 1.29 bits per heavy atom. The molecule has 0 spiro atoms. The van der Waals surface area contributed by atoms with Crippen molar-refractivity contribution in [2.75, 3.05) is 13.1 Å². The molecule has 0 bridgehead atoms. The van der Waals surface area contributed by atoms with Gasteiger partial charge in [0.1, 0.15) is 12.2 Å². The fraction of sp³-hybridized carbons (Fsp3) is 0.350. The molecule has 8 heteroatoms. The lowest BCUT2D eigenvalue weighted by Gasteiger charge is -2.20. The van der Waals surface area contributed by atoms with Crippen LogP contribution in [-0.4, -0.2) is 33.9 Å². The molecule has 1 amide bonds. The highest BCUT2D eigenvalue weighted by Gasteiger charge is 2.18. The lowest BCUT2D eigenvalue weighted by atomic mass is 9.97. The van der Waals surface area contributed by atoms with Gasteiger partial charge in [-0.2, -0.15) is 5.10 Å². The van der Waals surface area contributed by atoms with Crippen molar-refractivity contribution in [2.24, 2.45) is 0 Å². The van der Waals surface area contributed by atoms with E-state index in [1.807, 2.05) is 48.7 Å². The maximum Gasteiger partial charge on any atom is 0.242 e. The minimum Gasteiger partial charge on any atom is -0.359 e. The maximum atomic E-state index is 12.2. The van der Waals surface area contributed by atoms with E-state index in [-0.39, 0.29) is 24.9 Å². The first-order chi connectivity index (χ1) is 13.3. The first-order valence-corrected chi connectivity index (χ1v) is 9.30. The Kier molecular flexibility index (Phi) is 6.84. The number of hydrogen-bond acceptors (Lipinski definition) is 5. The number of amides is 1. The van der Waals surface area contributed by atoms with E-state index in [0.717, 1.165) is 36.5 Å². The summed E-state index contributed by atoms with van der Waals surface area (Å²) in [4.78, 5) is 12.2. The van der Waals surface area contributed by atoms with Crippen molar-refractivity contribution in [2.45, 2.75) is 31.8 Å². The van der Waals surface area contributed by atoms with Gasteiger partial charge >= 0.3 is 0 Å². The Morgan fingerprint density at radius 3 is 2.93 bits per heavy atom. The van der Waals surface area contributed by atoms with E-state index in [1.165, 1.54) is 6.42 Å². The summed E-state index contributed by atoms with van der Waals surface area (Å²) in [5.74, 6) is 0.953. The van der Waals surface area contributed by atoms with E-state index in [9.17, 15) is 4.79 Å². The summed E-state index contributed by atoms with van der Waals surface area (Å²) >= 11 is 0. The SMILES string of the molecule is Cl.O=C(Cn1ccc(C2CCCNC2)n1)NCc1cc(-c2ccccc2)no1. The number of aromatic nitrogens is 3. The van der Waals surface area contributed by atoms with Gasteiger partial charge in [0.25, 0.3) is 0 Å². The van der Waals surface area contributed by atoms with Gasteiger partial charge in [0.2, 0.25) is 5.91 Å². The van der Waals surface area contributed by atoms with Gasteiger partial charge in [0, 0.05) is 30.3 Å². The summed E-state index contributed by atoms with van der Waals surface area (Å²) in [7, 11) is 0. The van der Waals surface area contributed by atoms with Crippen LogP contribution in [-0.2, 0) is 17.9 Å². The highest BCUT2D eigenvalue weighted by molar-refractivity contribution is 5.85. The third-order valence-corrected chi connectivity index (χ3v) is 4.77. The predicted molar refractivity (Wildman–Crippen MR) is 108 cm³/mol. The summed E-state index contributed by atoms with van der Waals surface area (Å²) in [5.41, 5.74) is 2.80. The van der Waals surface area contributed by atoms with Crippen molar-refractivity contribution in [3.05, 3.63) is 60.1 Å². The van der Waals surface area contributed by atoms with Gasteiger partial charge in [-0.1, -0.05) is 35.5 Å². The molecule has 0 aliphatic carbocycles. The average molecular weight is 402 g/mol. The molecule has 7 nitrogen and oxygen atoms in total. The monoisotopic (exact) mass is 401 g/mol. The summed E-state index contributed by atoms with van der Waals surface area (Å²) in [6.45, 7) is 2.53. The quantitative estimate of drug-likeness (QED) is 0.663. The van der Waals surface area contributed by atoms with Gasteiger partial charge in [0.05, 0.1) is 12.2 Å². The minimum absolute atomic E-state index is 0. The first kappa shape index (κ1) is 20.1. The van der Waals surface area contributed by atoms with Gasteiger partial charge in [-0.3, -0.25) is 9.48 Å². The van der Waals surface area contributed by atoms with Gasteiger partial charge in [-0.15, -0.1) is 12.4 Å². The number of benzene rings is 1. The van der Waals surface area contributed by atoms with Crippen LogP contribution >= 0.6 is 12.4 Å². The molecule has 1 atom stereocenters. The summed E-state index contributed by atoms with van der Waals surface area (Å²) < 4.78 is 7.00. The van der Waals surface area contributed by atoms with Crippen molar-refractivity contribution in [1.29, 1.82) is 0 Å². The van der Waals surface area contributed by atoms with E-state index in [1.54, 1.807) is 4.68 Å². The normalized spacial score (nSPS) is 16.4. The molecule has 3 heterocycles. The summed E-state index contributed by atoms with van der Waals surface area (Å²) in [6.07, 6.45) is 4.18. The van der Waals surface area contributed by atoms with E-state index in [2.05, 4.69) is 20.9 Å². The molecule has 0 saturated carbocycles. The molecule has 28 heavy (non-hydrogen) atoms. The molecule has 1 saturated heterocycles. The van der Waals surface area contributed by atoms with Crippen LogP contribution in [0.2, 0.25) is 0 Å². The fourth-order valence-electron chi connectivity index (χ4n) is 3.32. The smallest absolute Gasteiger partial charge is 0.242 e. The molecule has 2 aromatic heterocycles. The number of rotatable bonds is 6. The standard InChI is InChI=1S/C20H23N5O2.ClH/c26-20(14-25-10-8-18(23-25)16-7-4-9-21-12-16)22-13-17-11-19(24-27-17)15-5-2-1-3-6-15;/h1-3,5-6,8,10-11,16,21H,4,7,9,12-14H2,(H,22,26);1H. The number of hydrogen-bond donors (Lipinski definition) is 2. The number of nitrogens with zero attached hydrogens (tertiary/aromatic N) is 3. The largest absolute Gasteiger partial charge is 0.359 e. The zero-order valence-corrected chi connectivity index (χ0v) is 16.3. The van der Waals surface area contributed by atoms with Crippen molar-refractivity contribution in [3.8, 4) is 11.3 Å². The molecule has 2 N–H and O–H groups in total. The van der Waals surface area contributed by atoms with Crippen molar-refractivity contribution in [3.63, 3.8) is 0 Å². The fourth-order valence-corrected chi connectivity index (χ4v) is 3.32. The van der Waals surface area contributed by atoms with Gasteiger partial charge < -0.3 is 15.2 Å². The Morgan fingerprint density at radius 2 is 2.14 bits per heavy atom. The lowest BCUT2D eigenvalue weighted by Crippen LogP contribution is -2.29. The first-order valence-electron chi connectivity index (χ1n) is 9.30. The Labute approximate surface area is 169 Å². The summed E-state index contributed by atoms with van der Waals surface area (Å²) in [5, 5.41) is 14.9. The zero-order valence-electron chi connectivity index (χ0n) is 15.5. The van der Waals surface area contributed by atoms with Crippen LogP contribution in [0, 0.1) is 0 Å². The maximum absolute atomic E-state index is 12.2. The third kappa shape index (κ3) is 4.99. The molecule has 1 aliphatic heterocycles. The van der Waals surface area contributed by atoms with Crippen molar-refractivity contribution < 1.29 is 9.32 Å². The van der Waals surface area contributed by atoms with Crippen molar-refractivity contribution >= 4 is 18.3 Å². The molecule has 1 unspecified atom stereocenters. The highest BCUT2D eigenvalue weighted by Crippen LogP contribution is 2.21. The molecule has 1 aromatic carbocycles. The minimum atomic E-state index is -0.107. The number of carbonyl (C=O) groups is 1. The van der Waals surface area contributed by atoms with E-state index in [4.69, 9.17) is 4.52 Å². The second kappa shape index (κ2) is 9.52. The topological polar surface area (TPSA) is 85.0 Å². The van der Waals surface area contributed by atoms with Gasteiger partial charge in [-0.05, 0) is 25.5 Å². The van der Waals surface area contributed by atoms with E-state index >= 15 is 0 Å². The molecule has 1 fully saturated rings. The Hall–Kier alpha value is -2.64.